The third-order valence-corrected chi connectivity index (χ3v) is 3.07. The van der Waals surface area contributed by atoms with Crippen molar-refractivity contribution in [1.82, 2.24) is 0 Å². The number of aliphatic carboxylic acids is 2. The van der Waals surface area contributed by atoms with E-state index in [4.69, 9.17) is 4.55 Å². The van der Waals surface area contributed by atoms with Crippen molar-refractivity contribution < 1.29 is 136 Å². The van der Waals surface area contributed by atoms with Crippen LogP contribution in [0.1, 0.15) is 13.8 Å². The summed E-state index contributed by atoms with van der Waals surface area (Å²) in [6, 6.07) is 0. The van der Waals surface area contributed by atoms with Crippen LogP contribution in [0.15, 0.2) is 0 Å². The molecule has 0 amide bonds. The molecule has 7 nitrogen and oxygen atoms in total. The van der Waals surface area contributed by atoms with Gasteiger partial charge in [-0.25, -0.2) is 0 Å². The molecule has 0 rings (SSSR count). The summed E-state index contributed by atoms with van der Waals surface area (Å²) in [5.41, 5.74) is -2.27. The van der Waals surface area contributed by atoms with Gasteiger partial charge in [0, 0.05) is 11.4 Å². The Balaban J connectivity index is -0.000000845. The van der Waals surface area contributed by atoms with E-state index in [2.05, 4.69) is 0 Å². The average molecular weight is 302 g/mol. The molecule has 0 bridgehead atoms. The van der Waals surface area contributed by atoms with Gasteiger partial charge in [0.05, 0.1) is 5.97 Å². The summed E-state index contributed by atoms with van der Waals surface area (Å²) < 4.78 is 29.6. The molecule has 10 heteroatoms. The van der Waals surface area contributed by atoms with Crippen molar-refractivity contribution in [2.24, 2.45) is 5.41 Å². The number of rotatable bonds is 4. The van der Waals surface area contributed by atoms with Crippen LogP contribution >= 0.6 is 0 Å². The van der Waals surface area contributed by atoms with E-state index in [0.29, 0.717) is 0 Å². The van der Waals surface area contributed by atoms with Gasteiger partial charge in [-0.15, -0.1) is 0 Å². The Hall–Kier alpha value is 2.12. The molecule has 0 aliphatic heterocycles. The maximum absolute atomic E-state index is 10.6. The summed E-state index contributed by atoms with van der Waals surface area (Å²) in [6.45, 7) is 1.60. The van der Waals surface area contributed by atoms with E-state index in [9.17, 15) is 28.2 Å². The molecule has 0 aliphatic carbocycles. The van der Waals surface area contributed by atoms with Crippen LogP contribution in [0, 0.1) is 5.41 Å². The Bertz CT molecular complexity index is 361. The summed E-state index contributed by atoms with van der Waals surface area (Å²) >= 11 is 0. The zero-order chi connectivity index (χ0) is 11.7. The largest absolute Gasteiger partial charge is 1.00 e. The van der Waals surface area contributed by atoms with E-state index in [-0.39, 0.29) is 103 Å². The van der Waals surface area contributed by atoms with E-state index < -0.39 is 32.7 Å². The molecule has 0 aromatic rings. The van der Waals surface area contributed by atoms with Crippen LogP contribution in [0.2, 0.25) is 0 Å². The molecule has 1 unspecified atom stereocenters. The minimum Gasteiger partial charge on any atom is -0.550 e. The minimum absolute atomic E-state index is 0. The Morgan fingerprint density at radius 1 is 1.19 bits per heavy atom. The van der Waals surface area contributed by atoms with Crippen molar-refractivity contribution in [3.05, 3.63) is 0 Å². The Labute approximate surface area is 178 Å². The Morgan fingerprint density at radius 2 is 1.50 bits per heavy atom. The van der Waals surface area contributed by atoms with Gasteiger partial charge < -0.3 is 19.8 Å². The van der Waals surface area contributed by atoms with Gasteiger partial charge in [0.1, 0.15) is 5.25 Å². The molecular weight excluding hydrogens is 294 g/mol. The van der Waals surface area contributed by atoms with Crippen LogP contribution in [-0.2, 0) is 19.7 Å². The number of hydrogen-bond acceptors (Lipinski definition) is 6. The first-order chi connectivity index (χ1) is 6.01. The second-order valence-electron chi connectivity index (χ2n) is 3.22. The number of carbonyl (C=O) groups is 2. The first kappa shape index (κ1) is 23.2. The van der Waals surface area contributed by atoms with Crippen LogP contribution in [0.3, 0.4) is 0 Å². The van der Waals surface area contributed by atoms with E-state index >= 15 is 0 Å². The fraction of sp³-hybridized carbons (Fsp3) is 0.667. The zero-order valence-corrected chi connectivity index (χ0v) is 16.4. The number of carboxylic acids is 2. The van der Waals surface area contributed by atoms with Gasteiger partial charge in [0.15, 0.2) is 0 Å². The third-order valence-electron chi connectivity index (χ3n) is 1.69. The summed E-state index contributed by atoms with van der Waals surface area (Å²) in [7, 11) is -5.05. The van der Waals surface area contributed by atoms with Crippen molar-refractivity contribution in [2.45, 2.75) is 19.1 Å². The van der Waals surface area contributed by atoms with Crippen LogP contribution in [0.25, 0.3) is 0 Å². The first-order valence-electron chi connectivity index (χ1n) is 3.40. The smallest absolute Gasteiger partial charge is 0.550 e. The van der Waals surface area contributed by atoms with Crippen molar-refractivity contribution in [2.75, 3.05) is 0 Å². The molecule has 0 aromatic carbocycles. The van der Waals surface area contributed by atoms with Crippen molar-refractivity contribution >= 4 is 22.1 Å². The van der Waals surface area contributed by atoms with Crippen LogP contribution in [0.4, 0.5) is 0 Å². The van der Waals surface area contributed by atoms with Crippen LogP contribution in [0.5, 0.6) is 0 Å². The van der Waals surface area contributed by atoms with Gasteiger partial charge >= 0.3 is 103 Å². The first-order valence-corrected chi connectivity index (χ1v) is 4.90. The van der Waals surface area contributed by atoms with E-state index in [1.54, 1.807) is 0 Å². The normalized spacial score (nSPS) is 12.9. The van der Waals surface area contributed by atoms with Gasteiger partial charge in [-0.3, -0.25) is 4.55 Å². The van der Waals surface area contributed by atoms with E-state index in [0.717, 1.165) is 13.8 Å². The van der Waals surface area contributed by atoms with Gasteiger partial charge in [0.2, 0.25) is 0 Å². The number of carboxylic acid groups (broad SMARTS) is 2. The third kappa shape index (κ3) is 6.34. The molecule has 0 saturated carbocycles. The molecule has 16 heavy (non-hydrogen) atoms. The molecule has 0 aromatic heterocycles. The fourth-order valence-corrected chi connectivity index (χ4v) is 1.98. The Kier molecular flexibility index (Phi) is 12.1. The van der Waals surface area contributed by atoms with Gasteiger partial charge in [-0.05, 0) is 0 Å². The monoisotopic (exact) mass is 302 g/mol. The van der Waals surface area contributed by atoms with Gasteiger partial charge in [-0.2, -0.15) is 8.42 Å². The SMILES string of the molecule is CC(C)(C(=O)[O-])C(C(=O)[O-])S(=O)(=O)O.[K+].[K+]. The van der Waals surface area contributed by atoms with Crippen molar-refractivity contribution in [3.8, 4) is 0 Å². The molecule has 1 N–H and O–H groups in total. The standard InChI is InChI=1S/C6H10O7S.2K/c1-6(2,5(9)10)3(4(7)8)14(11,12)13;;/h3H,1-2H3,(H,7,8)(H,9,10)(H,11,12,13);;/q;2*+1/p-2. The second kappa shape index (κ2) is 8.32. The summed E-state index contributed by atoms with van der Waals surface area (Å²) in [5, 5.41) is 18.2. The number of carbonyl (C=O) groups excluding carboxylic acids is 2. The molecular formula is C6H8K2O7S. The second-order valence-corrected chi connectivity index (χ2v) is 4.72. The minimum atomic E-state index is -5.05. The van der Waals surface area contributed by atoms with E-state index in [1.165, 1.54) is 0 Å². The molecule has 1 atom stereocenters. The Morgan fingerprint density at radius 3 is 1.56 bits per heavy atom. The van der Waals surface area contributed by atoms with E-state index in [1.807, 2.05) is 0 Å². The van der Waals surface area contributed by atoms with Crippen LogP contribution < -0.4 is 113 Å². The quantitative estimate of drug-likeness (QED) is 0.402. The number of hydrogen-bond donors (Lipinski definition) is 1. The summed E-state index contributed by atoms with van der Waals surface area (Å²) in [5.74, 6) is -4.11. The average Bonchev–Trinajstić information content (AvgIpc) is 1.79. The topological polar surface area (TPSA) is 135 Å². The maximum Gasteiger partial charge on any atom is 1.00 e. The maximum atomic E-state index is 10.6. The van der Waals surface area contributed by atoms with Crippen molar-refractivity contribution in [1.29, 1.82) is 0 Å². The summed E-state index contributed by atoms with van der Waals surface area (Å²) in [6.07, 6.45) is 0. The molecule has 0 saturated heterocycles. The molecule has 0 fully saturated rings. The molecule has 0 heterocycles. The van der Waals surface area contributed by atoms with Gasteiger partial charge in [-0.1, -0.05) is 13.8 Å². The predicted molar refractivity (Wildman–Crippen MR) is 39.1 cm³/mol. The molecule has 0 radical (unpaired) electrons. The molecule has 82 valence electrons. The zero-order valence-electron chi connectivity index (χ0n) is 9.38. The van der Waals surface area contributed by atoms with Crippen molar-refractivity contribution in [3.63, 3.8) is 0 Å². The molecule has 0 aliphatic rings. The fourth-order valence-electron chi connectivity index (χ4n) is 0.896. The summed E-state index contributed by atoms with van der Waals surface area (Å²) in [4.78, 5) is 20.8. The van der Waals surface area contributed by atoms with Crippen LogP contribution in [-0.4, -0.2) is 30.2 Å². The predicted octanol–water partition coefficient (Wildman–Crippen LogP) is -9.22. The van der Waals surface area contributed by atoms with Gasteiger partial charge in [0.25, 0.3) is 10.1 Å². The molecule has 0 spiro atoms.